The summed E-state index contributed by atoms with van der Waals surface area (Å²) in [7, 11) is 0. The van der Waals surface area contributed by atoms with Crippen LogP contribution < -0.4 is 5.32 Å². The molecule has 2 heterocycles. The molecule has 1 amide bonds. The van der Waals surface area contributed by atoms with Gasteiger partial charge >= 0.3 is 5.97 Å². The van der Waals surface area contributed by atoms with Crippen molar-refractivity contribution in [3.05, 3.63) is 60.9 Å². The number of carbonyl (C=O) groups excluding carboxylic acids is 2. The Bertz CT molecular complexity index is 896. The van der Waals surface area contributed by atoms with Crippen LogP contribution in [0.15, 0.2) is 59.4 Å². The molecular formula is C19H18N4O4. The van der Waals surface area contributed by atoms with Crippen molar-refractivity contribution in [3.63, 3.8) is 0 Å². The number of aromatic nitrogens is 3. The molecule has 0 unspecified atom stereocenters. The van der Waals surface area contributed by atoms with E-state index in [1.54, 1.807) is 12.3 Å². The molecule has 0 fully saturated rings. The maximum absolute atomic E-state index is 12.0. The first-order valence-electron chi connectivity index (χ1n) is 8.39. The van der Waals surface area contributed by atoms with Gasteiger partial charge in [-0.2, -0.15) is 0 Å². The molecule has 3 rings (SSSR count). The molecule has 0 aliphatic heterocycles. The molecule has 0 aliphatic carbocycles. The number of hydrogen-bond donors (Lipinski definition) is 1. The molecule has 0 bridgehead atoms. The number of aryl methyl sites for hydroxylation is 1. The predicted octanol–water partition coefficient (Wildman–Crippen LogP) is 2.63. The lowest BCUT2D eigenvalue weighted by Gasteiger charge is -2.12. The summed E-state index contributed by atoms with van der Waals surface area (Å²) in [4.78, 5) is 35.9. The zero-order chi connectivity index (χ0) is 19.1. The second kappa shape index (κ2) is 8.70. The van der Waals surface area contributed by atoms with E-state index in [0.717, 1.165) is 5.56 Å². The molecule has 0 saturated heterocycles. The molecule has 1 N–H and O–H groups in total. The molecule has 0 aliphatic rings. The maximum Gasteiger partial charge on any atom is 0.307 e. The van der Waals surface area contributed by atoms with Crippen molar-refractivity contribution in [3.8, 4) is 11.3 Å². The number of nitrogens with one attached hydrogen (secondary N) is 1. The van der Waals surface area contributed by atoms with Gasteiger partial charge < -0.3 is 9.15 Å². The number of carbonyl (C=O) groups is 2. The van der Waals surface area contributed by atoms with Crippen LogP contribution in [-0.2, 0) is 20.7 Å². The highest BCUT2D eigenvalue weighted by molar-refractivity contribution is 5.93. The van der Waals surface area contributed by atoms with E-state index in [9.17, 15) is 9.59 Å². The minimum atomic E-state index is -0.967. The summed E-state index contributed by atoms with van der Waals surface area (Å²) >= 11 is 0. The first-order chi connectivity index (χ1) is 13.1. The Morgan fingerprint density at radius 3 is 2.59 bits per heavy atom. The summed E-state index contributed by atoms with van der Waals surface area (Å²) in [5.41, 5.74) is 0.909. The molecular weight excluding hydrogens is 348 g/mol. The standard InChI is InChI=1S/C19H18N4O4/c1-13(18(25)23-19-20-10-5-11-21-19)26-17(24)9-8-16-22-12-15(27-16)14-6-3-2-4-7-14/h2-7,10-13H,8-9H2,1H3,(H,20,21,23,25)/t13-/m0/s1. The fourth-order valence-corrected chi connectivity index (χ4v) is 2.26. The fourth-order valence-electron chi connectivity index (χ4n) is 2.26. The first-order valence-corrected chi connectivity index (χ1v) is 8.39. The van der Waals surface area contributed by atoms with Gasteiger partial charge in [-0.05, 0) is 13.0 Å². The van der Waals surface area contributed by atoms with E-state index in [1.165, 1.54) is 19.3 Å². The SMILES string of the molecule is C[C@H](OC(=O)CCc1ncc(-c2ccccc2)o1)C(=O)Nc1ncccn1. The van der Waals surface area contributed by atoms with E-state index in [-0.39, 0.29) is 18.8 Å². The Morgan fingerprint density at radius 2 is 1.85 bits per heavy atom. The van der Waals surface area contributed by atoms with Gasteiger partial charge in [-0.3, -0.25) is 14.9 Å². The average molecular weight is 366 g/mol. The molecule has 0 radical (unpaired) electrons. The van der Waals surface area contributed by atoms with Crippen LogP contribution in [0.3, 0.4) is 0 Å². The van der Waals surface area contributed by atoms with Crippen LogP contribution in [0.4, 0.5) is 5.95 Å². The van der Waals surface area contributed by atoms with Gasteiger partial charge in [0.25, 0.3) is 5.91 Å². The van der Waals surface area contributed by atoms with E-state index in [2.05, 4.69) is 20.3 Å². The Labute approximate surface area is 155 Å². The zero-order valence-electron chi connectivity index (χ0n) is 14.7. The molecule has 1 aromatic carbocycles. The van der Waals surface area contributed by atoms with E-state index < -0.39 is 18.0 Å². The number of anilines is 1. The molecule has 8 heteroatoms. The number of benzene rings is 1. The maximum atomic E-state index is 12.0. The van der Waals surface area contributed by atoms with Crippen molar-refractivity contribution in [1.29, 1.82) is 0 Å². The van der Waals surface area contributed by atoms with Crippen molar-refractivity contribution in [2.45, 2.75) is 25.9 Å². The predicted molar refractivity (Wildman–Crippen MR) is 96.5 cm³/mol. The van der Waals surface area contributed by atoms with Crippen molar-refractivity contribution in [2.75, 3.05) is 5.32 Å². The molecule has 138 valence electrons. The summed E-state index contributed by atoms with van der Waals surface area (Å²) in [6.45, 7) is 1.48. The zero-order valence-corrected chi connectivity index (χ0v) is 14.7. The number of ether oxygens (including phenoxy) is 1. The lowest BCUT2D eigenvalue weighted by Crippen LogP contribution is -2.30. The molecule has 27 heavy (non-hydrogen) atoms. The van der Waals surface area contributed by atoms with Crippen molar-refractivity contribution in [2.24, 2.45) is 0 Å². The fraction of sp³-hybridized carbons (Fsp3) is 0.211. The van der Waals surface area contributed by atoms with Crippen LogP contribution in [0.5, 0.6) is 0 Å². The monoisotopic (exact) mass is 366 g/mol. The normalized spacial score (nSPS) is 11.6. The van der Waals surface area contributed by atoms with Gasteiger partial charge in [0, 0.05) is 24.4 Å². The summed E-state index contributed by atoms with van der Waals surface area (Å²) in [5.74, 6) is 0.192. The van der Waals surface area contributed by atoms with E-state index >= 15 is 0 Å². The van der Waals surface area contributed by atoms with Crippen LogP contribution in [0.25, 0.3) is 11.3 Å². The van der Waals surface area contributed by atoms with Crippen LogP contribution in [0.1, 0.15) is 19.2 Å². The number of amides is 1. The Morgan fingerprint density at radius 1 is 1.11 bits per heavy atom. The average Bonchev–Trinajstić information content (AvgIpc) is 3.17. The molecule has 8 nitrogen and oxygen atoms in total. The summed E-state index contributed by atoms with van der Waals surface area (Å²) in [6, 6.07) is 11.2. The lowest BCUT2D eigenvalue weighted by atomic mass is 10.2. The van der Waals surface area contributed by atoms with Crippen molar-refractivity contribution in [1.82, 2.24) is 15.0 Å². The third-order valence-corrected chi connectivity index (χ3v) is 3.63. The van der Waals surface area contributed by atoms with Crippen LogP contribution in [0, 0.1) is 0 Å². The van der Waals surface area contributed by atoms with Gasteiger partial charge in [0.15, 0.2) is 17.8 Å². The summed E-state index contributed by atoms with van der Waals surface area (Å²) in [5, 5.41) is 2.47. The smallest absolute Gasteiger partial charge is 0.307 e. The molecule has 0 spiro atoms. The van der Waals surface area contributed by atoms with Gasteiger partial charge in [0.2, 0.25) is 5.95 Å². The third kappa shape index (κ3) is 5.21. The summed E-state index contributed by atoms with van der Waals surface area (Å²) < 4.78 is 10.8. The number of hydrogen-bond acceptors (Lipinski definition) is 7. The third-order valence-electron chi connectivity index (χ3n) is 3.63. The topological polar surface area (TPSA) is 107 Å². The van der Waals surface area contributed by atoms with Crippen LogP contribution in [-0.4, -0.2) is 32.9 Å². The van der Waals surface area contributed by atoms with E-state index in [4.69, 9.17) is 9.15 Å². The first kappa shape index (κ1) is 18.2. The Balaban J connectivity index is 1.47. The van der Waals surface area contributed by atoms with E-state index in [0.29, 0.717) is 11.7 Å². The summed E-state index contributed by atoms with van der Waals surface area (Å²) in [6.07, 6.45) is 3.98. The van der Waals surface area contributed by atoms with Crippen LogP contribution >= 0.6 is 0 Å². The van der Waals surface area contributed by atoms with Gasteiger partial charge in [-0.1, -0.05) is 30.3 Å². The minimum absolute atomic E-state index is 0.0498. The highest BCUT2D eigenvalue weighted by Crippen LogP contribution is 2.20. The van der Waals surface area contributed by atoms with E-state index in [1.807, 2.05) is 30.3 Å². The lowest BCUT2D eigenvalue weighted by molar-refractivity contribution is -0.153. The second-order valence-corrected chi connectivity index (χ2v) is 5.68. The van der Waals surface area contributed by atoms with Gasteiger partial charge in [-0.15, -0.1) is 0 Å². The second-order valence-electron chi connectivity index (χ2n) is 5.68. The molecule has 2 aromatic heterocycles. The van der Waals surface area contributed by atoms with Gasteiger partial charge in [-0.25, -0.2) is 15.0 Å². The Kier molecular flexibility index (Phi) is 5.88. The largest absolute Gasteiger partial charge is 0.453 e. The number of rotatable bonds is 7. The highest BCUT2D eigenvalue weighted by Gasteiger charge is 2.19. The molecule has 3 aromatic rings. The molecule has 1 atom stereocenters. The number of nitrogens with zero attached hydrogens (tertiary/aromatic N) is 3. The quantitative estimate of drug-likeness (QED) is 0.640. The van der Waals surface area contributed by atoms with Crippen LogP contribution in [0.2, 0.25) is 0 Å². The van der Waals surface area contributed by atoms with Crippen molar-refractivity contribution < 1.29 is 18.7 Å². The minimum Gasteiger partial charge on any atom is -0.453 e. The van der Waals surface area contributed by atoms with Gasteiger partial charge in [0.05, 0.1) is 12.6 Å². The number of esters is 1. The number of oxazole rings is 1. The molecule has 0 saturated carbocycles. The Hall–Kier alpha value is -3.55. The van der Waals surface area contributed by atoms with Gasteiger partial charge in [0.1, 0.15) is 0 Å². The van der Waals surface area contributed by atoms with Crippen molar-refractivity contribution >= 4 is 17.8 Å². The highest BCUT2D eigenvalue weighted by atomic mass is 16.5.